The van der Waals surface area contributed by atoms with Crippen molar-refractivity contribution >= 4 is 138 Å². The van der Waals surface area contributed by atoms with Gasteiger partial charge in [-0.3, -0.25) is 87.5 Å². The molecule has 1 heterocycles. The van der Waals surface area contributed by atoms with Crippen molar-refractivity contribution < 1.29 is 112 Å². The fourth-order valence-corrected chi connectivity index (χ4v) is 14.1. The molecule has 2 aromatic carbocycles. The second-order valence-electron chi connectivity index (χ2n) is 33.4. The van der Waals surface area contributed by atoms with Crippen LogP contribution < -0.4 is 131 Å². The second-order valence-corrected chi connectivity index (χ2v) is 34.9. The van der Waals surface area contributed by atoms with Gasteiger partial charge in [-0.15, -0.1) is 0 Å². The van der Waals surface area contributed by atoms with E-state index >= 15 is 0 Å². The molecule has 134 heavy (non-hydrogen) atoms. The van der Waals surface area contributed by atoms with E-state index in [2.05, 4.69) is 110 Å². The number of phenols is 2. The molecule has 52 heteroatoms. The quantitative estimate of drug-likeness (QED) is 0.0127. The highest BCUT2D eigenvalue weighted by Gasteiger charge is 2.46. The Hall–Kier alpha value is -12.0. The smallest absolute Gasteiger partial charge is 0.326 e. The average molecular weight is 1930 g/mol. The molecule has 3 rings (SSSR count). The molecule has 750 valence electrons. The minimum atomic E-state index is -2.01. The van der Waals surface area contributed by atoms with E-state index in [1.54, 1.807) is 27.7 Å². The molecule has 40 N–H and O–H groups in total. The molecule has 2 aromatic rings. The number of hydrogen-bond donors (Lipinski definition) is 34. The Morgan fingerprint density at radius 3 is 1.15 bits per heavy atom. The average Bonchev–Trinajstić information content (AvgIpc) is 1.67. The first-order chi connectivity index (χ1) is 62.9. The SMILES string of the molecule is CC[C@H](C)[C@H](NC(=O)[C@@H]1C[C@@H](O)CN1C(=O)[C@@H](N)C(C)C)C(=O)N[C@H](C(=O)N[C@@H](Cc1ccc(O)cc1)C(=O)N[C@H](C(=O)N[C@@H](CC(N)=O)C(=O)N[C@@H](CCCNC(=N)N)C(=O)N[C@@H](CCN)C(=O)N[C@H](C(=O)N[C@H](CCN)C(=O)N[C@@H](CCN)C(=O)N[C@@H](CS)C(=O)N[C@@H](CCN)C(=O)N[C@@H](CCCNC(=N)N)C(=O)N[C@@H](Cc1ccc(O)cc1)C(=O)O)[C@@H](C)O)C(C)(C)S)[C@@H](C)O. The number of aliphatic hydroxyl groups is 3. The van der Waals surface area contributed by atoms with E-state index in [4.69, 9.17) is 56.7 Å². The lowest BCUT2D eigenvalue weighted by Crippen LogP contribution is -2.64. The third kappa shape index (κ3) is 39.2. The van der Waals surface area contributed by atoms with Crippen LogP contribution in [0.4, 0.5) is 0 Å². The third-order valence-corrected chi connectivity index (χ3v) is 22.1. The Morgan fingerprint density at radius 2 is 0.791 bits per heavy atom. The molecule has 1 aliphatic heterocycles. The number of aliphatic carboxylic acids is 1. The number of aliphatic hydroxyl groups excluding tert-OH is 3. The Morgan fingerprint density at radius 1 is 0.463 bits per heavy atom. The number of nitrogens with one attached hydrogen (secondary N) is 18. The number of β-amino-alcohol motifs (C(OH)–C–C–N with tert-alkyl or cyclic N) is 1. The predicted molar refractivity (Wildman–Crippen MR) is 494 cm³/mol. The van der Waals surface area contributed by atoms with E-state index in [9.17, 15) is 112 Å². The summed E-state index contributed by atoms with van der Waals surface area (Å²) in [5.41, 5.74) is 46.9. The van der Waals surface area contributed by atoms with Gasteiger partial charge in [-0.1, -0.05) is 58.4 Å². The molecule has 0 bridgehead atoms. The number of carboxylic acids is 1. The lowest BCUT2D eigenvalue weighted by atomic mass is 9.96. The van der Waals surface area contributed by atoms with E-state index in [1.807, 2.05) is 0 Å². The molecule has 0 saturated carbocycles. The summed E-state index contributed by atoms with van der Waals surface area (Å²) >= 11 is 8.81. The molecular formula is C82H137N27O23S2. The summed E-state index contributed by atoms with van der Waals surface area (Å²) in [5.74, 6) is -21.3. The van der Waals surface area contributed by atoms with Gasteiger partial charge in [-0.05, 0) is 152 Å². The molecular weight excluding hydrogens is 1800 g/mol. The van der Waals surface area contributed by atoms with Crippen molar-refractivity contribution in [2.24, 2.45) is 57.7 Å². The molecule has 20 atom stereocenters. The zero-order chi connectivity index (χ0) is 101. The number of hydrogen-bond acceptors (Lipinski definition) is 31. The van der Waals surface area contributed by atoms with Crippen LogP contribution in [0.3, 0.4) is 0 Å². The van der Waals surface area contributed by atoms with E-state index in [0.29, 0.717) is 5.56 Å². The van der Waals surface area contributed by atoms with Crippen LogP contribution >= 0.6 is 25.3 Å². The summed E-state index contributed by atoms with van der Waals surface area (Å²) in [4.78, 5) is 240. The largest absolute Gasteiger partial charge is 0.508 e. The Balaban J connectivity index is 1.91. The minimum Gasteiger partial charge on any atom is -0.508 e. The van der Waals surface area contributed by atoms with Crippen molar-refractivity contribution in [3.63, 3.8) is 0 Å². The first-order valence-corrected chi connectivity index (χ1v) is 44.7. The molecule has 0 aliphatic carbocycles. The summed E-state index contributed by atoms with van der Waals surface area (Å²) in [6, 6.07) is -15.2. The number of carboxylic acid groups (broad SMARTS) is 1. The fourth-order valence-electron chi connectivity index (χ4n) is 13.6. The number of phenolic OH excluding ortho intramolecular Hbond substituents is 2. The van der Waals surface area contributed by atoms with Crippen LogP contribution in [0, 0.1) is 22.7 Å². The molecule has 1 fully saturated rings. The number of carbonyl (C=O) groups excluding carboxylic acids is 16. The van der Waals surface area contributed by atoms with E-state index in [1.165, 1.54) is 62.4 Å². The van der Waals surface area contributed by atoms with Gasteiger partial charge in [-0.25, -0.2) is 4.79 Å². The molecule has 1 aliphatic rings. The van der Waals surface area contributed by atoms with Crippen LogP contribution in [0.15, 0.2) is 48.5 Å². The van der Waals surface area contributed by atoms with Gasteiger partial charge in [0.25, 0.3) is 0 Å². The zero-order valence-electron chi connectivity index (χ0n) is 76.2. The number of rotatable bonds is 59. The molecule has 0 unspecified atom stereocenters. The summed E-state index contributed by atoms with van der Waals surface area (Å²) in [7, 11) is 0. The number of nitrogens with zero attached hydrogens (tertiary/aromatic N) is 1. The molecule has 0 aromatic heterocycles. The minimum absolute atomic E-state index is 0.0382. The molecule has 0 radical (unpaired) electrons. The van der Waals surface area contributed by atoms with E-state index in [-0.39, 0.29) is 133 Å². The number of amides is 16. The van der Waals surface area contributed by atoms with Gasteiger partial charge < -0.3 is 166 Å². The van der Waals surface area contributed by atoms with Crippen molar-refractivity contribution in [3.8, 4) is 11.5 Å². The van der Waals surface area contributed by atoms with E-state index < -0.39 is 263 Å². The maximum atomic E-state index is 14.8. The highest BCUT2D eigenvalue weighted by molar-refractivity contribution is 7.81. The van der Waals surface area contributed by atoms with Crippen molar-refractivity contribution in [2.45, 2.75) is 259 Å². The van der Waals surface area contributed by atoms with Crippen molar-refractivity contribution in [3.05, 3.63) is 59.7 Å². The monoisotopic (exact) mass is 1930 g/mol. The number of thiol groups is 2. The van der Waals surface area contributed by atoms with Gasteiger partial charge >= 0.3 is 5.97 Å². The van der Waals surface area contributed by atoms with Crippen LogP contribution in [-0.4, -0.2) is 319 Å². The zero-order valence-corrected chi connectivity index (χ0v) is 78.0. The highest BCUT2D eigenvalue weighted by Crippen LogP contribution is 2.24. The van der Waals surface area contributed by atoms with Crippen molar-refractivity contribution in [2.75, 3.05) is 51.6 Å². The van der Waals surface area contributed by atoms with Gasteiger partial charge in [0.15, 0.2) is 11.9 Å². The summed E-state index contributed by atoms with van der Waals surface area (Å²) < 4.78 is -1.65. The normalized spacial score (nSPS) is 17.1. The van der Waals surface area contributed by atoms with Crippen LogP contribution in [0.5, 0.6) is 11.5 Å². The number of guanidine groups is 2. The number of benzene rings is 2. The second kappa shape index (κ2) is 57.5. The summed E-state index contributed by atoms with van der Waals surface area (Å²) in [6.45, 7) is 10.1. The molecule has 0 spiro atoms. The van der Waals surface area contributed by atoms with Crippen molar-refractivity contribution in [1.82, 2.24) is 90.0 Å². The maximum absolute atomic E-state index is 14.8. The summed E-state index contributed by atoms with van der Waals surface area (Å²) in [6.07, 6.45) is -8.17. The van der Waals surface area contributed by atoms with E-state index in [0.717, 1.165) is 18.7 Å². The van der Waals surface area contributed by atoms with Gasteiger partial charge in [0, 0.05) is 49.4 Å². The number of primary amides is 1. The molecule has 16 amide bonds. The number of likely N-dealkylation sites (tertiary alicyclic amines) is 1. The van der Waals surface area contributed by atoms with Crippen LogP contribution in [-0.2, 0) is 94.3 Å². The maximum Gasteiger partial charge on any atom is 0.326 e. The first kappa shape index (κ1) is 116. The van der Waals surface area contributed by atoms with Gasteiger partial charge in [0.1, 0.15) is 102 Å². The fraction of sp³-hybridized carbons (Fsp3) is 0.622. The van der Waals surface area contributed by atoms with Gasteiger partial charge in [-0.2, -0.15) is 25.3 Å². The lowest BCUT2D eigenvalue weighted by molar-refractivity contribution is -0.142. The standard InChI is InChI=1S/C82H137N27O23S2/c1-9-39(4)60(105-73(125)57-34-46(114)36-109(57)78(130)59(88)38(2)3)74(126)107-62(41(6)111)76(128)101-53(32-42-14-18-44(112)19-15-42)71(123)108-63(82(7,8)134)77(129)102-54(35-58(87)115)70(122)96-47(12-10-30-93-80(89)90)64(116)98-52(25-29-86)69(121)106-61(40(5)110)75(127)100-51(24-28-85)67(119)97-50(23-27-84)68(120)104-56(37-133)72(124)99-49(22-26-83)66(118)95-48(13-11-31-94-81(91)92)65(117)103-55(79(131)132)33-43-16-20-45(113)21-17-43/h14-21,38-41,46-57,59-63,110-114,133-134H,9-13,22-37,83-86,88H2,1-8H3,(H2,87,115)(H,95,118)(H,96,122)(H,97,119)(H,98,116)(H,99,124)(H,100,127)(H,101,128)(H,102,129)(H,103,117)(H,104,120)(H,105,125)(H,106,121)(H,107,126)(H,108,123)(H,131,132)(H4,89,90,93)(H4,91,92,94)/t39-,40+,41+,46+,47-,48-,49-,50-,51+,52-,53-,54-,55-,56-,57-,59-,60-,61-,62-,63+/m0/s1. The van der Waals surface area contributed by atoms with Crippen LogP contribution in [0.25, 0.3) is 0 Å². The van der Waals surface area contributed by atoms with Gasteiger partial charge in [0.05, 0.1) is 30.8 Å². The van der Waals surface area contributed by atoms with Crippen LogP contribution in [0.1, 0.15) is 137 Å². The molecule has 50 nitrogen and oxygen atoms in total. The Kier molecular flexibility index (Phi) is 49.8. The third-order valence-electron chi connectivity index (χ3n) is 21.5. The number of carbonyl (C=O) groups is 17. The number of nitrogens with two attached hydrogens (primary N) is 8. The Labute approximate surface area is 785 Å². The molecule has 1 saturated heterocycles. The lowest BCUT2D eigenvalue weighted by Gasteiger charge is -2.33. The predicted octanol–water partition coefficient (Wildman–Crippen LogP) is -11.1. The Bertz CT molecular complexity index is 4330. The van der Waals surface area contributed by atoms with Crippen molar-refractivity contribution in [1.29, 1.82) is 10.8 Å². The topological polar surface area (TPSA) is 863 Å². The first-order valence-electron chi connectivity index (χ1n) is 43.6. The number of aromatic hydroxyl groups is 2. The highest BCUT2D eigenvalue weighted by atomic mass is 32.1. The van der Waals surface area contributed by atoms with Crippen LogP contribution in [0.2, 0.25) is 0 Å². The summed E-state index contributed by atoms with van der Waals surface area (Å²) in [5, 5.41) is 117. The van der Waals surface area contributed by atoms with Gasteiger partial charge in [0.2, 0.25) is 94.5 Å².